The quantitative estimate of drug-likeness (QED) is 0.888. The summed E-state index contributed by atoms with van der Waals surface area (Å²) in [6.45, 7) is 2.70. The Bertz CT molecular complexity index is 536. The topological polar surface area (TPSA) is 47.0 Å². The van der Waals surface area contributed by atoms with Crippen LogP contribution < -0.4 is 5.32 Å². The summed E-state index contributed by atoms with van der Waals surface area (Å²) in [6, 6.07) is 7.82. The molecule has 20 heavy (non-hydrogen) atoms. The van der Waals surface area contributed by atoms with E-state index in [1.807, 2.05) is 31.2 Å². The number of nitrogens with one attached hydrogen (secondary N) is 1. The normalized spacial score (nSPS) is 13.9. The zero-order valence-electron chi connectivity index (χ0n) is 11.6. The Balaban J connectivity index is 2.00. The molecule has 2 aromatic rings. The SMILES string of the molecule is CO[C@H](CN[C@@H](C)c1cnccn1)c1ccccc1Cl. The van der Waals surface area contributed by atoms with Crippen LogP contribution in [0.5, 0.6) is 0 Å². The molecular formula is C15H18ClN3O. The van der Waals surface area contributed by atoms with Gasteiger partial charge in [-0.2, -0.15) is 0 Å². The van der Waals surface area contributed by atoms with Crippen molar-refractivity contribution in [1.82, 2.24) is 15.3 Å². The van der Waals surface area contributed by atoms with Gasteiger partial charge in [0.15, 0.2) is 0 Å². The van der Waals surface area contributed by atoms with E-state index < -0.39 is 0 Å². The van der Waals surface area contributed by atoms with Crippen LogP contribution in [-0.2, 0) is 4.74 Å². The van der Waals surface area contributed by atoms with Crippen molar-refractivity contribution < 1.29 is 4.74 Å². The first-order chi connectivity index (χ1) is 9.72. The summed E-state index contributed by atoms with van der Waals surface area (Å²) in [4.78, 5) is 8.35. The van der Waals surface area contributed by atoms with Crippen molar-refractivity contribution in [2.45, 2.75) is 19.1 Å². The number of hydrogen-bond acceptors (Lipinski definition) is 4. The molecule has 0 fully saturated rings. The first-order valence-electron chi connectivity index (χ1n) is 6.49. The van der Waals surface area contributed by atoms with E-state index in [0.29, 0.717) is 11.6 Å². The molecule has 1 aromatic heterocycles. The largest absolute Gasteiger partial charge is 0.375 e. The lowest BCUT2D eigenvalue weighted by molar-refractivity contribution is 0.0998. The van der Waals surface area contributed by atoms with Crippen LogP contribution in [0.1, 0.15) is 30.3 Å². The maximum Gasteiger partial charge on any atom is 0.0959 e. The molecule has 0 aliphatic carbocycles. The Kier molecular flexibility index (Phi) is 5.47. The highest BCUT2D eigenvalue weighted by Crippen LogP contribution is 2.25. The van der Waals surface area contributed by atoms with Gasteiger partial charge in [0.2, 0.25) is 0 Å². The van der Waals surface area contributed by atoms with Gasteiger partial charge >= 0.3 is 0 Å². The second kappa shape index (κ2) is 7.33. The number of hydrogen-bond donors (Lipinski definition) is 1. The van der Waals surface area contributed by atoms with Crippen molar-refractivity contribution in [2.24, 2.45) is 0 Å². The minimum atomic E-state index is -0.0946. The molecule has 0 unspecified atom stereocenters. The molecular weight excluding hydrogens is 274 g/mol. The van der Waals surface area contributed by atoms with E-state index in [4.69, 9.17) is 16.3 Å². The highest BCUT2D eigenvalue weighted by Gasteiger charge is 2.15. The Morgan fingerprint density at radius 2 is 2.10 bits per heavy atom. The minimum absolute atomic E-state index is 0.0946. The van der Waals surface area contributed by atoms with Crippen molar-refractivity contribution in [3.05, 3.63) is 59.1 Å². The molecule has 0 amide bonds. The molecule has 0 saturated carbocycles. The van der Waals surface area contributed by atoms with Gasteiger partial charge in [-0.3, -0.25) is 9.97 Å². The van der Waals surface area contributed by atoms with Gasteiger partial charge in [-0.1, -0.05) is 29.8 Å². The molecule has 1 heterocycles. The van der Waals surface area contributed by atoms with Crippen molar-refractivity contribution in [2.75, 3.05) is 13.7 Å². The van der Waals surface area contributed by atoms with Gasteiger partial charge in [0, 0.05) is 48.9 Å². The van der Waals surface area contributed by atoms with Gasteiger partial charge in [-0.15, -0.1) is 0 Å². The van der Waals surface area contributed by atoms with E-state index in [2.05, 4.69) is 15.3 Å². The Morgan fingerprint density at radius 3 is 2.75 bits per heavy atom. The molecule has 4 nitrogen and oxygen atoms in total. The van der Waals surface area contributed by atoms with Crippen LogP contribution in [0.2, 0.25) is 5.02 Å². The highest BCUT2D eigenvalue weighted by molar-refractivity contribution is 6.31. The third-order valence-corrected chi connectivity index (χ3v) is 3.52. The number of methoxy groups -OCH3 is 1. The fourth-order valence-corrected chi connectivity index (χ4v) is 2.24. The predicted octanol–water partition coefficient (Wildman–Crippen LogP) is 3.17. The lowest BCUT2D eigenvalue weighted by atomic mass is 10.1. The van der Waals surface area contributed by atoms with Crippen molar-refractivity contribution >= 4 is 11.6 Å². The number of nitrogens with zero attached hydrogens (tertiary/aromatic N) is 2. The molecule has 0 spiro atoms. The summed E-state index contributed by atoms with van der Waals surface area (Å²) in [7, 11) is 1.68. The van der Waals surface area contributed by atoms with Crippen LogP contribution in [0.25, 0.3) is 0 Å². The van der Waals surface area contributed by atoms with Crippen LogP contribution in [-0.4, -0.2) is 23.6 Å². The smallest absolute Gasteiger partial charge is 0.0959 e. The molecule has 2 atom stereocenters. The standard InChI is InChI=1S/C15H18ClN3O/c1-11(14-9-17-7-8-18-14)19-10-15(20-2)12-5-3-4-6-13(12)16/h3-9,11,15,19H,10H2,1-2H3/t11-,15+/m0/s1. The molecule has 1 aromatic carbocycles. The maximum atomic E-state index is 6.20. The Labute approximate surface area is 124 Å². The summed E-state index contributed by atoms with van der Waals surface area (Å²) in [5.74, 6) is 0. The summed E-state index contributed by atoms with van der Waals surface area (Å²) in [5.41, 5.74) is 1.89. The van der Waals surface area contributed by atoms with E-state index in [9.17, 15) is 0 Å². The second-order valence-electron chi connectivity index (χ2n) is 4.51. The summed E-state index contributed by atoms with van der Waals surface area (Å²) < 4.78 is 5.52. The lowest BCUT2D eigenvalue weighted by Crippen LogP contribution is -2.26. The van der Waals surface area contributed by atoms with Gasteiger partial charge < -0.3 is 10.1 Å². The van der Waals surface area contributed by atoms with Crippen LogP contribution >= 0.6 is 11.6 Å². The lowest BCUT2D eigenvalue weighted by Gasteiger charge is -2.20. The molecule has 0 aliphatic rings. The fraction of sp³-hybridized carbons (Fsp3) is 0.333. The average Bonchev–Trinajstić information content (AvgIpc) is 2.50. The van der Waals surface area contributed by atoms with E-state index in [-0.39, 0.29) is 12.1 Å². The first-order valence-corrected chi connectivity index (χ1v) is 6.86. The second-order valence-corrected chi connectivity index (χ2v) is 4.91. The number of aromatic nitrogens is 2. The van der Waals surface area contributed by atoms with E-state index in [0.717, 1.165) is 11.3 Å². The zero-order chi connectivity index (χ0) is 14.4. The van der Waals surface area contributed by atoms with Gasteiger partial charge in [-0.25, -0.2) is 0 Å². The van der Waals surface area contributed by atoms with E-state index in [1.54, 1.807) is 25.7 Å². The summed E-state index contributed by atoms with van der Waals surface area (Å²) in [5, 5.41) is 4.11. The monoisotopic (exact) mass is 291 g/mol. The Morgan fingerprint density at radius 1 is 1.30 bits per heavy atom. The average molecular weight is 292 g/mol. The zero-order valence-corrected chi connectivity index (χ0v) is 12.3. The van der Waals surface area contributed by atoms with E-state index >= 15 is 0 Å². The number of benzene rings is 1. The summed E-state index contributed by atoms with van der Waals surface area (Å²) in [6.07, 6.45) is 5.02. The maximum absolute atomic E-state index is 6.20. The van der Waals surface area contributed by atoms with Crippen LogP contribution in [0.3, 0.4) is 0 Å². The van der Waals surface area contributed by atoms with Gasteiger partial charge in [0.1, 0.15) is 0 Å². The van der Waals surface area contributed by atoms with Crippen molar-refractivity contribution in [3.8, 4) is 0 Å². The third-order valence-electron chi connectivity index (χ3n) is 3.17. The van der Waals surface area contributed by atoms with E-state index in [1.165, 1.54) is 0 Å². The summed E-state index contributed by atoms with van der Waals surface area (Å²) >= 11 is 6.20. The molecule has 0 bridgehead atoms. The molecule has 2 rings (SSSR count). The fourth-order valence-electron chi connectivity index (χ4n) is 1.98. The highest BCUT2D eigenvalue weighted by atomic mass is 35.5. The number of halogens is 1. The first kappa shape index (κ1) is 14.9. The molecule has 0 saturated heterocycles. The van der Waals surface area contributed by atoms with Crippen molar-refractivity contribution in [3.63, 3.8) is 0 Å². The molecule has 0 aliphatic heterocycles. The molecule has 0 radical (unpaired) electrons. The third kappa shape index (κ3) is 3.76. The number of ether oxygens (including phenoxy) is 1. The van der Waals surface area contributed by atoms with Crippen LogP contribution in [0.15, 0.2) is 42.9 Å². The molecule has 1 N–H and O–H groups in total. The van der Waals surface area contributed by atoms with Crippen LogP contribution in [0, 0.1) is 0 Å². The molecule has 5 heteroatoms. The Hall–Kier alpha value is -1.49. The predicted molar refractivity (Wildman–Crippen MR) is 79.7 cm³/mol. The van der Waals surface area contributed by atoms with Gasteiger partial charge in [-0.05, 0) is 13.0 Å². The molecule has 106 valence electrons. The van der Waals surface area contributed by atoms with Crippen molar-refractivity contribution in [1.29, 1.82) is 0 Å². The van der Waals surface area contributed by atoms with Gasteiger partial charge in [0.25, 0.3) is 0 Å². The number of rotatable bonds is 6. The van der Waals surface area contributed by atoms with Gasteiger partial charge in [0.05, 0.1) is 11.8 Å². The van der Waals surface area contributed by atoms with Crippen LogP contribution in [0.4, 0.5) is 0 Å². The minimum Gasteiger partial charge on any atom is -0.375 e.